The van der Waals surface area contributed by atoms with Gasteiger partial charge in [0.05, 0.1) is 6.04 Å². The molecule has 1 aliphatic rings. The highest BCUT2D eigenvalue weighted by atomic mass is 32.1. The quantitative estimate of drug-likeness (QED) is 0.874. The summed E-state index contributed by atoms with van der Waals surface area (Å²) in [5.41, 5.74) is 6.21. The van der Waals surface area contributed by atoms with Gasteiger partial charge in [0.2, 0.25) is 0 Å². The van der Waals surface area contributed by atoms with Crippen LogP contribution in [0.15, 0.2) is 17.5 Å². The number of nitrogens with zero attached hydrogens (tertiary/aromatic N) is 1. The van der Waals surface area contributed by atoms with E-state index in [0.717, 1.165) is 12.5 Å². The molecule has 2 rings (SSSR count). The zero-order valence-electron chi connectivity index (χ0n) is 10.1. The molecule has 0 radical (unpaired) electrons. The fourth-order valence-electron chi connectivity index (χ4n) is 2.45. The van der Waals surface area contributed by atoms with Crippen LogP contribution >= 0.6 is 11.3 Å². The molecule has 90 valence electrons. The molecule has 1 aromatic rings. The fourth-order valence-corrected chi connectivity index (χ4v) is 3.17. The molecule has 1 fully saturated rings. The maximum Gasteiger partial charge on any atom is 0.0519 e. The lowest BCUT2D eigenvalue weighted by atomic mass is 9.94. The predicted octanol–water partition coefficient (Wildman–Crippen LogP) is 2.87. The smallest absolute Gasteiger partial charge is 0.0519 e. The van der Waals surface area contributed by atoms with Crippen molar-refractivity contribution in [1.29, 1.82) is 0 Å². The third-order valence-corrected chi connectivity index (χ3v) is 4.65. The molecule has 1 aliphatic heterocycles. The monoisotopic (exact) mass is 238 g/mol. The number of hydrogen-bond donors (Lipinski definition) is 1. The molecule has 0 saturated carbocycles. The summed E-state index contributed by atoms with van der Waals surface area (Å²) in [5, 5.41) is 2.11. The fraction of sp³-hybridized carbons (Fsp3) is 0.692. The van der Waals surface area contributed by atoms with E-state index >= 15 is 0 Å². The largest absolute Gasteiger partial charge is 0.322 e. The highest BCUT2D eigenvalue weighted by Gasteiger charge is 2.19. The van der Waals surface area contributed by atoms with Gasteiger partial charge in [0.1, 0.15) is 0 Å². The van der Waals surface area contributed by atoms with Crippen LogP contribution in [0, 0.1) is 5.92 Å². The molecule has 16 heavy (non-hydrogen) atoms. The molecular weight excluding hydrogens is 216 g/mol. The van der Waals surface area contributed by atoms with Crippen molar-refractivity contribution in [3.05, 3.63) is 22.4 Å². The number of likely N-dealkylation sites (tertiary alicyclic amines) is 1. The zero-order valence-corrected chi connectivity index (χ0v) is 10.9. The van der Waals surface area contributed by atoms with E-state index in [-0.39, 0.29) is 6.04 Å². The first kappa shape index (κ1) is 12.1. The average molecular weight is 238 g/mol. The molecule has 2 N–H and O–H groups in total. The van der Waals surface area contributed by atoms with Crippen molar-refractivity contribution in [1.82, 2.24) is 4.90 Å². The van der Waals surface area contributed by atoms with E-state index in [2.05, 4.69) is 29.3 Å². The normalized spacial score (nSPS) is 21.1. The van der Waals surface area contributed by atoms with E-state index in [1.54, 1.807) is 11.3 Å². The van der Waals surface area contributed by atoms with E-state index in [9.17, 15) is 0 Å². The summed E-state index contributed by atoms with van der Waals surface area (Å²) >= 11 is 1.77. The molecule has 0 bridgehead atoms. The molecule has 0 aliphatic carbocycles. The van der Waals surface area contributed by atoms with Gasteiger partial charge in [0.15, 0.2) is 0 Å². The van der Waals surface area contributed by atoms with Crippen molar-refractivity contribution in [2.45, 2.75) is 32.2 Å². The van der Waals surface area contributed by atoms with E-state index in [1.807, 2.05) is 0 Å². The summed E-state index contributed by atoms with van der Waals surface area (Å²) in [6.45, 7) is 5.80. The van der Waals surface area contributed by atoms with Gasteiger partial charge < -0.3 is 10.6 Å². The molecule has 2 nitrogen and oxygen atoms in total. The van der Waals surface area contributed by atoms with Gasteiger partial charge in [-0.3, -0.25) is 0 Å². The van der Waals surface area contributed by atoms with E-state index < -0.39 is 0 Å². The van der Waals surface area contributed by atoms with Crippen molar-refractivity contribution in [2.24, 2.45) is 11.7 Å². The first-order valence-corrected chi connectivity index (χ1v) is 7.19. The lowest BCUT2D eigenvalue weighted by Gasteiger charge is -2.32. The van der Waals surface area contributed by atoms with E-state index in [0.29, 0.717) is 0 Å². The second-order valence-corrected chi connectivity index (χ2v) is 5.75. The Morgan fingerprint density at radius 2 is 2.25 bits per heavy atom. The number of piperidine rings is 1. The van der Waals surface area contributed by atoms with Gasteiger partial charge in [0, 0.05) is 11.4 Å². The van der Waals surface area contributed by atoms with Crippen LogP contribution in [0.2, 0.25) is 0 Å². The third-order valence-electron chi connectivity index (χ3n) is 3.65. The molecule has 1 atom stereocenters. The Balaban J connectivity index is 1.78. The van der Waals surface area contributed by atoms with Crippen LogP contribution in [0.1, 0.15) is 37.1 Å². The number of rotatable bonds is 4. The van der Waals surface area contributed by atoms with Crippen LogP contribution in [0.25, 0.3) is 0 Å². The molecule has 0 aromatic carbocycles. The summed E-state index contributed by atoms with van der Waals surface area (Å²) in [6, 6.07) is 4.44. The van der Waals surface area contributed by atoms with E-state index in [1.165, 1.54) is 37.2 Å². The Morgan fingerprint density at radius 1 is 1.50 bits per heavy atom. The predicted molar refractivity (Wildman–Crippen MR) is 70.7 cm³/mol. The highest BCUT2D eigenvalue weighted by molar-refractivity contribution is 7.10. The van der Waals surface area contributed by atoms with Gasteiger partial charge in [-0.05, 0) is 43.3 Å². The van der Waals surface area contributed by atoms with Crippen LogP contribution in [0.5, 0.6) is 0 Å². The molecule has 0 spiro atoms. The second-order valence-electron chi connectivity index (χ2n) is 4.77. The number of hydrogen-bond acceptors (Lipinski definition) is 3. The standard InChI is InChI=1S/C13H22N2S/c1-2-11-5-7-15(8-6-11)10-12(14)13-4-3-9-16-13/h3-4,9,11-12H,2,5-8,10,14H2,1H3. The minimum Gasteiger partial charge on any atom is -0.322 e. The van der Waals surface area contributed by atoms with Gasteiger partial charge in [-0.2, -0.15) is 0 Å². The molecule has 1 aromatic heterocycles. The van der Waals surface area contributed by atoms with Crippen molar-refractivity contribution < 1.29 is 0 Å². The molecule has 0 amide bonds. The summed E-state index contributed by atoms with van der Waals surface area (Å²) in [7, 11) is 0. The summed E-state index contributed by atoms with van der Waals surface area (Å²) in [6.07, 6.45) is 4.05. The first-order valence-electron chi connectivity index (χ1n) is 6.31. The second kappa shape index (κ2) is 5.80. The lowest BCUT2D eigenvalue weighted by molar-refractivity contribution is 0.174. The summed E-state index contributed by atoms with van der Waals surface area (Å²) in [5.74, 6) is 0.953. The molecule has 1 saturated heterocycles. The Bertz CT molecular complexity index is 289. The molecule has 1 unspecified atom stereocenters. The first-order chi connectivity index (χ1) is 7.79. The molecule has 3 heteroatoms. The Kier molecular flexibility index (Phi) is 4.38. The minimum absolute atomic E-state index is 0.207. The van der Waals surface area contributed by atoms with Gasteiger partial charge in [0.25, 0.3) is 0 Å². The maximum absolute atomic E-state index is 6.21. The molecular formula is C13H22N2S. The topological polar surface area (TPSA) is 29.3 Å². The van der Waals surface area contributed by atoms with Crippen LogP contribution in [-0.2, 0) is 0 Å². The van der Waals surface area contributed by atoms with Crippen LogP contribution in [0.3, 0.4) is 0 Å². The summed E-state index contributed by atoms with van der Waals surface area (Å²) in [4.78, 5) is 3.84. The zero-order chi connectivity index (χ0) is 11.4. The SMILES string of the molecule is CCC1CCN(CC(N)c2cccs2)CC1. The van der Waals surface area contributed by atoms with Crippen molar-refractivity contribution in [3.63, 3.8) is 0 Å². The van der Waals surface area contributed by atoms with Crippen LogP contribution in [0.4, 0.5) is 0 Å². The van der Waals surface area contributed by atoms with Crippen LogP contribution < -0.4 is 5.73 Å². The van der Waals surface area contributed by atoms with Gasteiger partial charge in [-0.25, -0.2) is 0 Å². The average Bonchev–Trinajstić information content (AvgIpc) is 2.83. The van der Waals surface area contributed by atoms with E-state index in [4.69, 9.17) is 5.73 Å². The summed E-state index contributed by atoms with van der Waals surface area (Å²) < 4.78 is 0. The number of thiophene rings is 1. The number of nitrogens with two attached hydrogens (primary N) is 1. The van der Waals surface area contributed by atoms with Crippen molar-refractivity contribution >= 4 is 11.3 Å². The van der Waals surface area contributed by atoms with Gasteiger partial charge >= 0.3 is 0 Å². The van der Waals surface area contributed by atoms with Gasteiger partial charge in [-0.1, -0.05) is 19.4 Å². The highest BCUT2D eigenvalue weighted by Crippen LogP contribution is 2.23. The van der Waals surface area contributed by atoms with Crippen LogP contribution in [-0.4, -0.2) is 24.5 Å². The lowest BCUT2D eigenvalue weighted by Crippen LogP contribution is -2.38. The maximum atomic E-state index is 6.21. The van der Waals surface area contributed by atoms with Crippen molar-refractivity contribution in [3.8, 4) is 0 Å². The Hall–Kier alpha value is -0.380. The third kappa shape index (κ3) is 3.06. The van der Waals surface area contributed by atoms with Gasteiger partial charge in [-0.15, -0.1) is 11.3 Å². The Morgan fingerprint density at radius 3 is 2.81 bits per heavy atom. The Labute approximate surface area is 102 Å². The minimum atomic E-state index is 0.207. The van der Waals surface area contributed by atoms with Crippen molar-refractivity contribution in [2.75, 3.05) is 19.6 Å². The molecule has 2 heterocycles.